The molecule has 2 aromatic carbocycles. The molecule has 1 N–H and O–H groups in total. The van der Waals surface area contributed by atoms with Gasteiger partial charge in [0.25, 0.3) is 5.91 Å². The molecule has 8 nitrogen and oxygen atoms in total. The lowest BCUT2D eigenvalue weighted by atomic mass is 10.0. The number of rotatable bonds is 9. The van der Waals surface area contributed by atoms with Gasteiger partial charge in [0.2, 0.25) is 0 Å². The molecule has 2 aromatic rings. The summed E-state index contributed by atoms with van der Waals surface area (Å²) in [4.78, 5) is 37.8. The van der Waals surface area contributed by atoms with Gasteiger partial charge in [-0.3, -0.25) is 9.69 Å². The van der Waals surface area contributed by atoms with Gasteiger partial charge in [0.05, 0.1) is 23.6 Å². The molecule has 9 heteroatoms. The molecule has 2 atom stereocenters. The zero-order valence-corrected chi connectivity index (χ0v) is 24.3. The van der Waals surface area contributed by atoms with Gasteiger partial charge in [0.1, 0.15) is 24.4 Å². The molecule has 202 valence electrons. The van der Waals surface area contributed by atoms with Crippen LogP contribution in [0.1, 0.15) is 44.4 Å². The lowest BCUT2D eigenvalue weighted by Crippen LogP contribution is -2.46. The molecule has 0 aromatic heterocycles. The highest BCUT2D eigenvalue weighted by Crippen LogP contribution is 2.30. The first-order valence-corrected chi connectivity index (χ1v) is 14.0. The molecule has 0 bridgehead atoms. The number of allylic oxidation sites excluding steroid dienone is 4. The summed E-state index contributed by atoms with van der Waals surface area (Å²) in [6.07, 6.45) is 5.16. The number of benzene rings is 2. The van der Waals surface area contributed by atoms with Gasteiger partial charge >= 0.3 is 6.03 Å². The van der Waals surface area contributed by atoms with Crippen molar-refractivity contribution < 1.29 is 19.1 Å². The molecule has 0 spiro atoms. The van der Waals surface area contributed by atoms with Gasteiger partial charge in [-0.2, -0.15) is 0 Å². The number of nitrogens with zero attached hydrogens (tertiary/aromatic N) is 3. The van der Waals surface area contributed by atoms with E-state index in [4.69, 9.17) is 19.5 Å². The lowest BCUT2D eigenvalue weighted by molar-refractivity contribution is -0.128. The number of fused-ring (bicyclic) bond motifs is 1. The maximum Gasteiger partial charge on any atom is 0.325 e. The fourth-order valence-corrected chi connectivity index (χ4v) is 5.14. The Morgan fingerprint density at radius 2 is 1.79 bits per heavy atom. The zero-order chi connectivity index (χ0) is 27.6. The Balaban J connectivity index is 1.34. The largest absolute Gasteiger partial charge is 0.491 e. The predicted molar refractivity (Wildman–Crippen MR) is 159 cm³/mol. The number of carbonyl (C=O) groups is 2. The highest BCUT2D eigenvalue weighted by Gasteiger charge is 2.45. The number of imide groups is 1. The van der Waals surface area contributed by atoms with E-state index < -0.39 is 18.1 Å². The number of hydrogen-bond donors (Lipinski definition) is 1. The number of aliphatic imine (C=N–C) groups is 2. The standard InChI is InChI=1S/C30H31IN4O4/c1-30(2,3)39-16-15-38-22-12-9-20(10-13-22)26-28(36)35(29(37)34-26)25(17-19-7-5-4-6-8-19)27-32-23-14-11-21(31)18-24(23)33-27/h4-13,18,25-26H,14-17H2,1-3H3,(H,34,37)/t25-,26+/m0/s1. The Bertz CT molecular complexity index is 1370. The van der Waals surface area contributed by atoms with Crippen LogP contribution in [0.2, 0.25) is 0 Å². The van der Waals surface area contributed by atoms with Crippen LogP contribution in [-0.4, -0.2) is 53.2 Å². The molecule has 3 amide bonds. The summed E-state index contributed by atoms with van der Waals surface area (Å²) >= 11 is 2.26. The van der Waals surface area contributed by atoms with Crippen LogP contribution in [0.3, 0.4) is 0 Å². The van der Waals surface area contributed by atoms with E-state index in [-0.39, 0.29) is 11.5 Å². The van der Waals surface area contributed by atoms with Crippen molar-refractivity contribution in [3.05, 3.63) is 87.2 Å². The van der Waals surface area contributed by atoms with Gasteiger partial charge in [-0.1, -0.05) is 48.5 Å². The number of urea groups is 1. The van der Waals surface area contributed by atoms with Crippen LogP contribution < -0.4 is 10.1 Å². The lowest BCUT2D eigenvalue weighted by Gasteiger charge is -2.24. The second-order valence-corrected chi connectivity index (χ2v) is 11.8. The SMILES string of the molecule is CC(C)(C)OCCOc1ccc([C@H]2NC(=O)N([C@@H](Cc3ccccc3)C3=NC4=CC(I)=CCC4=N3)C2=O)cc1. The fraction of sp³-hybridized carbons (Fsp3) is 0.333. The Morgan fingerprint density at radius 1 is 1.05 bits per heavy atom. The third kappa shape index (κ3) is 6.47. The maximum atomic E-state index is 13.7. The van der Waals surface area contributed by atoms with Crippen molar-refractivity contribution in [1.29, 1.82) is 0 Å². The van der Waals surface area contributed by atoms with Crippen molar-refractivity contribution >= 4 is 46.1 Å². The summed E-state index contributed by atoms with van der Waals surface area (Å²) in [5.74, 6) is 0.819. The minimum atomic E-state index is -0.798. The third-order valence-electron chi connectivity index (χ3n) is 6.50. The molecule has 1 saturated heterocycles. The van der Waals surface area contributed by atoms with Gasteiger partial charge in [0, 0.05) is 16.4 Å². The van der Waals surface area contributed by atoms with Crippen molar-refractivity contribution in [3.8, 4) is 5.75 Å². The quantitative estimate of drug-likeness (QED) is 0.222. The Kier molecular flexibility index (Phi) is 7.99. The Morgan fingerprint density at radius 3 is 2.51 bits per heavy atom. The van der Waals surface area contributed by atoms with E-state index in [0.29, 0.717) is 43.2 Å². The summed E-state index contributed by atoms with van der Waals surface area (Å²) in [7, 11) is 0. The van der Waals surface area contributed by atoms with Crippen LogP contribution in [-0.2, 0) is 16.0 Å². The van der Waals surface area contributed by atoms with E-state index in [9.17, 15) is 9.59 Å². The van der Waals surface area contributed by atoms with Crippen LogP contribution >= 0.6 is 22.6 Å². The van der Waals surface area contributed by atoms with Crippen LogP contribution in [0.4, 0.5) is 4.79 Å². The number of ether oxygens (including phenoxy) is 2. The first-order chi connectivity index (χ1) is 18.7. The number of hydrogen-bond acceptors (Lipinski definition) is 6. The zero-order valence-electron chi connectivity index (χ0n) is 22.2. The van der Waals surface area contributed by atoms with E-state index in [1.54, 1.807) is 24.3 Å². The van der Waals surface area contributed by atoms with Crippen LogP contribution in [0.15, 0.2) is 86.0 Å². The van der Waals surface area contributed by atoms with Crippen LogP contribution in [0.25, 0.3) is 0 Å². The van der Waals surface area contributed by atoms with E-state index >= 15 is 0 Å². The smallest absolute Gasteiger partial charge is 0.325 e. The van der Waals surface area contributed by atoms with Gasteiger partial charge in [-0.25, -0.2) is 14.8 Å². The molecule has 0 radical (unpaired) electrons. The highest BCUT2D eigenvalue weighted by atomic mass is 127. The van der Waals surface area contributed by atoms with Crippen molar-refractivity contribution in [2.45, 2.75) is 51.3 Å². The van der Waals surface area contributed by atoms with Gasteiger partial charge in [0.15, 0.2) is 5.84 Å². The van der Waals surface area contributed by atoms with Crippen molar-refractivity contribution in [2.75, 3.05) is 13.2 Å². The van der Waals surface area contributed by atoms with E-state index in [0.717, 1.165) is 20.6 Å². The summed E-state index contributed by atoms with van der Waals surface area (Å²) in [6, 6.07) is 15.1. The summed E-state index contributed by atoms with van der Waals surface area (Å²) in [5, 5.41) is 2.86. The minimum Gasteiger partial charge on any atom is -0.491 e. The molecule has 2 heterocycles. The van der Waals surface area contributed by atoms with E-state index in [1.807, 2.05) is 57.2 Å². The first-order valence-electron chi connectivity index (χ1n) is 13.0. The predicted octanol–water partition coefficient (Wildman–Crippen LogP) is 5.54. The Hall–Kier alpha value is -3.31. The number of amides is 3. The number of nitrogens with one attached hydrogen (secondary N) is 1. The van der Waals surface area contributed by atoms with Crippen molar-refractivity contribution in [3.63, 3.8) is 0 Å². The van der Waals surface area contributed by atoms with Gasteiger partial charge in [-0.15, -0.1) is 0 Å². The van der Waals surface area contributed by atoms with Crippen molar-refractivity contribution in [1.82, 2.24) is 10.2 Å². The summed E-state index contributed by atoms with van der Waals surface area (Å²) in [6.45, 7) is 6.88. The molecule has 3 aliphatic rings. The average Bonchev–Trinajstić information content (AvgIpc) is 3.45. The number of carbonyl (C=O) groups excluding carboxylic acids is 2. The molecule has 0 unspecified atom stereocenters. The molecular weight excluding hydrogens is 607 g/mol. The number of halogens is 1. The average molecular weight is 639 g/mol. The summed E-state index contributed by atoms with van der Waals surface area (Å²) < 4.78 is 12.5. The third-order valence-corrected chi connectivity index (χ3v) is 7.25. The van der Waals surface area contributed by atoms with E-state index in [2.05, 4.69) is 34.0 Å². The first kappa shape index (κ1) is 27.3. The van der Waals surface area contributed by atoms with Gasteiger partial charge < -0.3 is 14.8 Å². The summed E-state index contributed by atoms with van der Waals surface area (Å²) in [5.41, 5.74) is 3.10. The maximum absolute atomic E-state index is 13.7. The Labute approximate surface area is 242 Å². The van der Waals surface area contributed by atoms with E-state index in [1.165, 1.54) is 4.90 Å². The second kappa shape index (κ2) is 11.4. The monoisotopic (exact) mass is 638 g/mol. The molecule has 39 heavy (non-hydrogen) atoms. The molecule has 0 saturated carbocycles. The van der Waals surface area contributed by atoms with Gasteiger partial charge in [-0.05, 0) is 72.7 Å². The highest BCUT2D eigenvalue weighted by molar-refractivity contribution is 14.1. The van der Waals surface area contributed by atoms with Crippen molar-refractivity contribution in [2.24, 2.45) is 9.98 Å². The normalized spacial score (nSPS) is 19.6. The molecule has 5 rings (SSSR count). The topological polar surface area (TPSA) is 92.6 Å². The van der Waals surface area contributed by atoms with Crippen LogP contribution in [0, 0.1) is 0 Å². The minimum absolute atomic E-state index is 0.223. The molecular formula is C30H31IN4O4. The fourth-order valence-electron chi connectivity index (χ4n) is 4.62. The second-order valence-electron chi connectivity index (χ2n) is 10.5. The molecule has 1 aliphatic carbocycles. The number of amidine groups is 1. The molecule has 1 fully saturated rings. The molecule has 2 aliphatic heterocycles. The van der Waals surface area contributed by atoms with Crippen LogP contribution in [0.5, 0.6) is 5.75 Å².